The van der Waals surface area contributed by atoms with Crippen molar-refractivity contribution in [3.8, 4) is 6.07 Å². The molecule has 0 saturated carbocycles. The third-order valence-corrected chi connectivity index (χ3v) is 4.03. The zero-order valence-corrected chi connectivity index (χ0v) is 12.2. The number of aliphatic hydroxyl groups excluding tert-OH is 1. The van der Waals surface area contributed by atoms with Gasteiger partial charge in [0.05, 0.1) is 35.8 Å². The van der Waals surface area contributed by atoms with Crippen LogP contribution in [0.2, 0.25) is 0 Å². The van der Waals surface area contributed by atoms with Crippen LogP contribution in [0.3, 0.4) is 0 Å². The van der Waals surface area contributed by atoms with Gasteiger partial charge in [-0.15, -0.1) is 0 Å². The molecule has 0 aliphatic carbocycles. The highest BCUT2D eigenvalue weighted by Crippen LogP contribution is 2.30. The molecule has 0 fully saturated rings. The molecule has 1 aliphatic heterocycles. The summed E-state index contributed by atoms with van der Waals surface area (Å²) in [5.74, 6) is -1.73. The molecule has 23 heavy (non-hydrogen) atoms. The Morgan fingerprint density at radius 3 is 1.96 bits per heavy atom. The highest BCUT2D eigenvalue weighted by atomic mass is 16.3. The van der Waals surface area contributed by atoms with Gasteiger partial charge >= 0.3 is 0 Å². The van der Waals surface area contributed by atoms with Gasteiger partial charge in [0.2, 0.25) is 0 Å². The molecule has 1 aliphatic rings. The zero-order chi connectivity index (χ0) is 16.4. The molecule has 2 aromatic rings. The van der Waals surface area contributed by atoms with Crippen molar-refractivity contribution in [3.63, 3.8) is 0 Å². The quantitative estimate of drug-likeness (QED) is 0.875. The minimum atomic E-state index is -0.921. The summed E-state index contributed by atoms with van der Waals surface area (Å²) in [5.41, 5.74) is 1.27. The molecule has 0 spiro atoms. The summed E-state index contributed by atoms with van der Waals surface area (Å²) in [6.07, 6.45) is 0. The number of rotatable bonds is 4. The lowest BCUT2D eigenvalue weighted by Gasteiger charge is -2.28. The average Bonchev–Trinajstić information content (AvgIpc) is 2.85. The Bertz CT molecular complexity index is 760. The number of carbonyl (C=O) groups excluding carboxylic acids is 2. The van der Waals surface area contributed by atoms with Gasteiger partial charge in [-0.2, -0.15) is 5.26 Å². The number of hydrogen-bond donors (Lipinski definition) is 1. The summed E-state index contributed by atoms with van der Waals surface area (Å²) >= 11 is 0. The van der Waals surface area contributed by atoms with Crippen LogP contribution in [0.4, 0.5) is 0 Å². The Morgan fingerprint density at radius 2 is 1.48 bits per heavy atom. The van der Waals surface area contributed by atoms with Crippen LogP contribution in [0, 0.1) is 11.3 Å². The summed E-state index contributed by atoms with van der Waals surface area (Å²) in [7, 11) is 0. The minimum absolute atomic E-state index is 0.306. The highest BCUT2D eigenvalue weighted by molar-refractivity contribution is 6.21. The smallest absolute Gasteiger partial charge is 0.261 e. The molecule has 0 bridgehead atoms. The van der Waals surface area contributed by atoms with Gasteiger partial charge in [-0.3, -0.25) is 14.5 Å². The number of aliphatic hydroxyl groups is 1. The van der Waals surface area contributed by atoms with Crippen LogP contribution in [-0.2, 0) is 0 Å². The molecule has 114 valence electrons. The standard InChI is InChI=1S/C18H14N2O3/c19-10-15(12-6-2-1-3-7-12)16(11-21)20-17(22)13-8-4-5-9-14(13)18(20)23/h1-9,15-16,21H,11H2. The molecule has 0 saturated heterocycles. The fraction of sp³-hybridized carbons (Fsp3) is 0.167. The number of nitrogens with zero attached hydrogens (tertiary/aromatic N) is 2. The summed E-state index contributed by atoms with van der Waals surface area (Å²) < 4.78 is 0. The molecule has 3 rings (SSSR count). The first-order valence-corrected chi connectivity index (χ1v) is 7.21. The van der Waals surface area contributed by atoms with Gasteiger partial charge in [0.15, 0.2) is 0 Å². The van der Waals surface area contributed by atoms with E-state index in [0.717, 1.165) is 4.90 Å². The van der Waals surface area contributed by atoms with Gasteiger partial charge in [0.1, 0.15) is 0 Å². The molecule has 1 N–H and O–H groups in total. The van der Waals surface area contributed by atoms with E-state index in [1.54, 1.807) is 48.5 Å². The van der Waals surface area contributed by atoms with Crippen LogP contribution >= 0.6 is 0 Å². The molecule has 5 nitrogen and oxygen atoms in total. The van der Waals surface area contributed by atoms with Crippen molar-refractivity contribution in [2.75, 3.05) is 6.61 Å². The van der Waals surface area contributed by atoms with Gasteiger partial charge in [-0.1, -0.05) is 42.5 Å². The van der Waals surface area contributed by atoms with E-state index in [2.05, 4.69) is 6.07 Å². The Hall–Kier alpha value is -2.97. The molecule has 2 unspecified atom stereocenters. The summed E-state index contributed by atoms with van der Waals surface area (Å²) in [6, 6.07) is 16.6. The third kappa shape index (κ3) is 2.39. The van der Waals surface area contributed by atoms with E-state index in [-0.39, 0.29) is 0 Å². The van der Waals surface area contributed by atoms with Gasteiger partial charge in [-0.25, -0.2) is 0 Å². The molecule has 0 aromatic heterocycles. The number of fused-ring (bicyclic) bond motifs is 1. The van der Waals surface area contributed by atoms with E-state index < -0.39 is 30.4 Å². The number of imide groups is 1. The van der Waals surface area contributed by atoms with Crippen LogP contribution in [0.25, 0.3) is 0 Å². The lowest BCUT2D eigenvalue weighted by Crippen LogP contribution is -2.45. The van der Waals surface area contributed by atoms with E-state index in [1.807, 2.05) is 6.07 Å². The largest absolute Gasteiger partial charge is 0.394 e. The van der Waals surface area contributed by atoms with E-state index in [4.69, 9.17) is 0 Å². The van der Waals surface area contributed by atoms with Crippen LogP contribution in [0.1, 0.15) is 32.2 Å². The number of amides is 2. The molecular weight excluding hydrogens is 292 g/mol. The number of nitriles is 1. The van der Waals surface area contributed by atoms with E-state index in [9.17, 15) is 20.0 Å². The maximum Gasteiger partial charge on any atom is 0.261 e. The highest BCUT2D eigenvalue weighted by Gasteiger charge is 2.42. The SMILES string of the molecule is N#CC(c1ccccc1)C(CO)N1C(=O)c2ccccc2C1=O. The van der Waals surface area contributed by atoms with E-state index >= 15 is 0 Å². The van der Waals surface area contributed by atoms with Crippen molar-refractivity contribution < 1.29 is 14.7 Å². The van der Waals surface area contributed by atoms with Gasteiger partial charge in [0, 0.05) is 0 Å². The normalized spacial score (nSPS) is 15.9. The number of benzene rings is 2. The Morgan fingerprint density at radius 1 is 0.957 bits per heavy atom. The van der Waals surface area contributed by atoms with Crippen molar-refractivity contribution in [1.29, 1.82) is 5.26 Å². The number of carbonyl (C=O) groups is 2. The van der Waals surface area contributed by atoms with Crippen LogP contribution in [0.15, 0.2) is 54.6 Å². The second-order valence-electron chi connectivity index (χ2n) is 5.29. The minimum Gasteiger partial charge on any atom is -0.394 e. The van der Waals surface area contributed by atoms with Crippen molar-refractivity contribution in [2.45, 2.75) is 12.0 Å². The third-order valence-electron chi connectivity index (χ3n) is 4.03. The maximum atomic E-state index is 12.5. The predicted molar refractivity (Wildman–Crippen MR) is 82.6 cm³/mol. The fourth-order valence-electron chi connectivity index (χ4n) is 2.89. The van der Waals surface area contributed by atoms with Crippen molar-refractivity contribution in [1.82, 2.24) is 4.90 Å². The first kappa shape index (κ1) is 14.9. The summed E-state index contributed by atoms with van der Waals surface area (Å²) in [5, 5.41) is 19.3. The Labute approximate surface area is 133 Å². The van der Waals surface area contributed by atoms with Crippen LogP contribution in [-0.4, -0.2) is 34.5 Å². The van der Waals surface area contributed by atoms with Crippen molar-refractivity contribution in [3.05, 3.63) is 71.3 Å². The molecular formula is C18H14N2O3. The van der Waals surface area contributed by atoms with E-state index in [1.165, 1.54) is 0 Å². The molecule has 5 heteroatoms. The van der Waals surface area contributed by atoms with Gasteiger partial charge in [-0.05, 0) is 17.7 Å². The van der Waals surface area contributed by atoms with E-state index in [0.29, 0.717) is 16.7 Å². The number of hydrogen-bond acceptors (Lipinski definition) is 4. The molecule has 1 heterocycles. The molecule has 2 atom stereocenters. The second-order valence-corrected chi connectivity index (χ2v) is 5.29. The van der Waals surface area contributed by atoms with Crippen LogP contribution < -0.4 is 0 Å². The van der Waals surface area contributed by atoms with Crippen LogP contribution in [0.5, 0.6) is 0 Å². The van der Waals surface area contributed by atoms with Gasteiger partial charge in [0.25, 0.3) is 11.8 Å². The summed E-state index contributed by atoms with van der Waals surface area (Å²) in [4.78, 5) is 26.1. The lowest BCUT2D eigenvalue weighted by molar-refractivity contribution is 0.0501. The predicted octanol–water partition coefficient (Wildman–Crippen LogP) is 1.95. The average molecular weight is 306 g/mol. The fourth-order valence-corrected chi connectivity index (χ4v) is 2.89. The molecule has 2 aromatic carbocycles. The topological polar surface area (TPSA) is 81.4 Å². The Balaban J connectivity index is 2.01. The first-order valence-electron chi connectivity index (χ1n) is 7.21. The monoisotopic (exact) mass is 306 g/mol. The van der Waals surface area contributed by atoms with Crippen molar-refractivity contribution >= 4 is 11.8 Å². The van der Waals surface area contributed by atoms with Crippen molar-refractivity contribution in [2.24, 2.45) is 0 Å². The maximum absolute atomic E-state index is 12.5. The Kier molecular flexibility index (Phi) is 3.92. The lowest BCUT2D eigenvalue weighted by atomic mass is 9.92. The summed E-state index contributed by atoms with van der Waals surface area (Å²) in [6.45, 7) is -0.474. The van der Waals surface area contributed by atoms with Gasteiger partial charge < -0.3 is 5.11 Å². The second kappa shape index (κ2) is 6.03. The zero-order valence-electron chi connectivity index (χ0n) is 12.2. The molecule has 0 radical (unpaired) electrons. The first-order chi connectivity index (χ1) is 11.2. The molecule has 2 amide bonds.